The van der Waals surface area contributed by atoms with Crippen molar-refractivity contribution in [1.29, 1.82) is 0 Å². The number of nitrogens with two attached hydrogens (primary N) is 1. The van der Waals surface area contributed by atoms with E-state index in [1.54, 1.807) is 0 Å². The fourth-order valence-corrected chi connectivity index (χ4v) is 3.77. The van der Waals surface area contributed by atoms with E-state index in [1.807, 2.05) is 38.9 Å². The van der Waals surface area contributed by atoms with Gasteiger partial charge in [-0.2, -0.15) is 0 Å². The van der Waals surface area contributed by atoms with Gasteiger partial charge in [0.25, 0.3) is 0 Å². The molecule has 0 spiro atoms. The van der Waals surface area contributed by atoms with Gasteiger partial charge in [-0.25, -0.2) is 0 Å². The van der Waals surface area contributed by atoms with Gasteiger partial charge in [-0.05, 0) is 19.9 Å². The lowest BCUT2D eigenvalue weighted by atomic mass is 10.1. The number of nitrogens with zero attached hydrogens (tertiary/aromatic N) is 5. The van der Waals surface area contributed by atoms with E-state index in [0.717, 1.165) is 20.1 Å². The highest BCUT2D eigenvalue weighted by molar-refractivity contribution is 8.01. The van der Waals surface area contributed by atoms with Crippen LogP contribution in [0.4, 0.5) is 5.13 Å². The number of anilines is 1. The number of hydrogen-bond acceptors (Lipinski definition) is 8. The number of aromatic nitrogens is 3. The maximum absolute atomic E-state index is 8.94. The highest BCUT2D eigenvalue weighted by atomic mass is 32.2. The first-order chi connectivity index (χ1) is 9.92. The molecule has 2 rings (SSSR count). The van der Waals surface area contributed by atoms with Crippen LogP contribution in [0.1, 0.15) is 17.0 Å². The first-order valence-electron chi connectivity index (χ1n) is 6.07. The lowest BCUT2D eigenvalue weighted by Crippen LogP contribution is -2.17. The van der Waals surface area contributed by atoms with Crippen molar-refractivity contribution in [3.63, 3.8) is 0 Å². The Balaban J connectivity index is 2.42. The van der Waals surface area contributed by atoms with Crippen molar-refractivity contribution in [2.24, 2.45) is 10.9 Å². The summed E-state index contributed by atoms with van der Waals surface area (Å²) < 4.78 is 0.788. The molecule has 0 aromatic carbocycles. The van der Waals surface area contributed by atoms with Crippen molar-refractivity contribution in [2.45, 2.75) is 23.1 Å². The zero-order chi connectivity index (χ0) is 15.6. The number of aryl methyl sites for hydroxylation is 2. The standard InChI is InChI=1S/C12H16N6OS2/c1-6-5-8(9(7(2)14-6)10(13)17-19)20-12-16-15-11(21-12)18(3)4/h5,19H,1-4H3,(H2,13,17). The van der Waals surface area contributed by atoms with Crippen LogP contribution < -0.4 is 10.6 Å². The molecule has 0 unspecified atom stereocenters. The van der Waals surface area contributed by atoms with E-state index >= 15 is 0 Å². The van der Waals surface area contributed by atoms with E-state index in [1.165, 1.54) is 23.1 Å². The second-order valence-corrected chi connectivity index (χ2v) is 6.80. The largest absolute Gasteiger partial charge is 0.409 e. The normalized spacial score (nSPS) is 11.7. The molecule has 2 aromatic rings. The lowest BCUT2D eigenvalue weighted by Gasteiger charge is -2.10. The van der Waals surface area contributed by atoms with Crippen molar-refractivity contribution in [3.05, 3.63) is 23.0 Å². The molecule has 3 N–H and O–H groups in total. The molecule has 0 saturated carbocycles. The third-order valence-corrected chi connectivity index (χ3v) is 4.82. The minimum atomic E-state index is 0.0415. The summed E-state index contributed by atoms with van der Waals surface area (Å²) in [4.78, 5) is 7.09. The Morgan fingerprint density at radius 1 is 1.38 bits per heavy atom. The van der Waals surface area contributed by atoms with Gasteiger partial charge in [0.2, 0.25) is 5.13 Å². The Labute approximate surface area is 130 Å². The van der Waals surface area contributed by atoms with E-state index in [9.17, 15) is 0 Å². The van der Waals surface area contributed by atoms with Gasteiger partial charge in [0.1, 0.15) is 0 Å². The van der Waals surface area contributed by atoms with Gasteiger partial charge in [-0.15, -0.1) is 10.2 Å². The Morgan fingerprint density at radius 2 is 2.10 bits per heavy atom. The van der Waals surface area contributed by atoms with E-state index in [2.05, 4.69) is 20.3 Å². The minimum absolute atomic E-state index is 0.0415. The molecule has 0 aliphatic rings. The molecule has 2 heterocycles. The minimum Gasteiger partial charge on any atom is -0.409 e. The van der Waals surface area contributed by atoms with Crippen molar-refractivity contribution < 1.29 is 5.21 Å². The van der Waals surface area contributed by atoms with Crippen molar-refractivity contribution in [1.82, 2.24) is 15.2 Å². The highest BCUT2D eigenvalue weighted by Gasteiger charge is 2.16. The SMILES string of the molecule is Cc1cc(Sc2nnc(N(C)C)s2)c(/C(N)=N/O)c(C)n1. The van der Waals surface area contributed by atoms with E-state index in [0.29, 0.717) is 11.3 Å². The number of amidine groups is 1. The van der Waals surface area contributed by atoms with Crippen LogP contribution in [-0.4, -0.2) is 40.3 Å². The van der Waals surface area contributed by atoms with Crippen LogP contribution in [0.3, 0.4) is 0 Å². The van der Waals surface area contributed by atoms with Gasteiger partial charge in [-0.3, -0.25) is 4.98 Å². The fourth-order valence-electron chi connectivity index (χ4n) is 1.75. The molecule has 0 amide bonds. The van der Waals surface area contributed by atoms with Crippen LogP contribution in [0.2, 0.25) is 0 Å². The summed E-state index contributed by atoms with van der Waals surface area (Å²) in [6, 6.07) is 1.89. The van der Waals surface area contributed by atoms with Crippen LogP contribution >= 0.6 is 23.1 Å². The summed E-state index contributed by atoms with van der Waals surface area (Å²) in [7, 11) is 3.83. The molecule has 0 atom stereocenters. The van der Waals surface area contributed by atoms with Crippen LogP contribution in [0.15, 0.2) is 20.5 Å². The molecule has 2 aromatic heterocycles. The molecule has 9 heteroatoms. The Kier molecular flexibility index (Phi) is 4.63. The maximum Gasteiger partial charge on any atom is 0.208 e. The number of rotatable bonds is 4. The van der Waals surface area contributed by atoms with Crippen LogP contribution in [0, 0.1) is 13.8 Å². The fraction of sp³-hybridized carbons (Fsp3) is 0.333. The second kappa shape index (κ2) is 6.27. The second-order valence-electron chi connectivity index (χ2n) is 4.55. The molecule has 0 radical (unpaired) electrons. The average molecular weight is 324 g/mol. The molecule has 0 aliphatic carbocycles. The zero-order valence-electron chi connectivity index (χ0n) is 12.2. The van der Waals surface area contributed by atoms with Gasteiger partial charge in [-0.1, -0.05) is 28.3 Å². The summed E-state index contributed by atoms with van der Waals surface area (Å²) >= 11 is 2.91. The van der Waals surface area contributed by atoms with Crippen LogP contribution in [0.5, 0.6) is 0 Å². The smallest absolute Gasteiger partial charge is 0.208 e. The van der Waals surface area contributed by atoms with Gasteiger partial charge >= 0.3 is 0 Å². The third-order valence-electron chi connectivity index (χ3n) is 2.63. The molecular formula is C12H16N6OS2. The maximum atomic E-state index is 8.94. The monoisotopic (exact) mass is 324 g/mol. The average Bonchev–Trinajstić information content (AvgIpc) is 2.86. The number of hydrogen-bond donors (Lipinski definition) is 2. The number of oxime groups is 1. The third kappa shape index (κ3) is 3.42. The summed E-state index contributed by atoms with van der Waals surface area (Å²) in [5, 5.41) is 21.1. The summed E-state index contributed by atoms with van der Waals surface area (Å²) in [6.45, 7) is 3.73. The highest BCUT2D eigenvalue weighted by Crippen LogP contribution is 2.35. The Bertz CT molecular complexity index is 682. The molecule has 0 bridgehead atoms. The van der Waals surface area contributed by atoms with Crippen molar-refractivity contribution in [3.8, 4) is 0 Å². The van der Waals surface area contributed by atoms with Gasteiger partial charge in [0, 0.05) is 30.4 Å². The predicted octanol–water partition coefficient (Wildman–Crippen LogP) is 1.86. The van der Waals surface area contributed by atoms with E-state index in [-0.39, 0.29) is 5.84 Å². The summed E-state index contributed by atoms with van der Waals surface area (Å²) in [5.41, 5.74) is 7.95. The van der Waals surface area contributed by atoms with Gasteiger partial charge in [0.05, 0.1) is 5.56 Å². The van der Waals surface area contributed by atoms with Crippen molar-refractivity contribution in [2.75, 3.05) is 19.0 Å². The van der Waals surface area contributed by atoms with Crippen molar-refractivity contribution >= 4 is 34.1 Å². The molecule has 0 saturated heterocycles. The zero-order valence-corrected chi connectivity index (χ0v) is 13.8. The van der Waals surface area contributed by atoms with Crippen LogP contribution in [0.25, 0.3) is 0 Å². The first-order valence-corrected chi connectivity index (χ1v) is 7.70. The Hall–Kier alpha value is -1.87. The van der Waals surface area contributed by atoms with E-state index < -0.39 is 0 Å². The lowest BCUT2D eigenvalue weighted by molar-refractivity contribution is 0.318. The number of pyridine rings is 1. The van der Waals surface area contributed by atoms with Crippen LogP contribution in [-0.2, 0) is 0 Å². The quantitative estimate of drug-likeness (QED) is 0.383. The molecular weight excluding hydrogens is 308 g/mol. The Morgan fingerprint density at radius 3 is 2.67 bits per heavy atom. The molecule has 112 valence electrons. The summed E-state index contributed by atoms with van der Waals surface area (Å²) in [5.74, 6) is 0.0415. The van der Waals surface area contributed by atoms with E-state index in [4.69, 9.17) is 10.9 Å². The predicted molar refractivity (Wildman–Crippen MR) is 84.6 cm³/mol. The summed E-state index contributed by atoms with van der Waals surface area (Å²) in [6.07, 6.45) is 0. The molecule has 0 aliphatic heterocycles. The van der Waals surface area contributed by atoms with Gasteiger partial charge in [0.15, 0.2) is 10.2 Å². The molecule has 0 fully saturated rings. The molecule has 21 heavy (non-hydrogen) atoms. The van der Waals surface area contributed by atoms with Gasteiger partial charge < -0.3 is 15.8 Å². The topological polar surface area (TPSA) is 101 Å². The molecule has 7 nitrogen and oxygen atoms in total. The first kappa shape index (κ1) is 15.5.